The molecule has 0 amide bonds. The van der Waals surface area contributed by atoms with E-state index < -0.39 is 5.97 Å². The van der Waals surface area contributed by atoms with Crippen molar-refractivity contribution >= 4 is 11.8 Å². The molecule has 3 nitrogen and oxygen atoms in total. The van der Waals surface area contributed by atoms with E-state index in [9.17, 15) is 9.59 Å². The van der Waals surface area contributed by atoms with Crippen LogP contribution in [0, 0.1) is 29.6 Å². The van der Waals surface area contributed by atoms with Crippen LogP contribution in [0.15, 0.2) is 0 Å². The fraction of sp³-hybridized carbons (Fsp3) is 0.750. The van der Waals surface area contributed by atoms with Crippen molar-refractivity contribution in [1.29, 1.82) is 0 Å². The van der Waals surface area contributed by atoms with Crippen LogP contribution in [-0.2, 0) is 9.59 Å². The topological polar surface area (TPSA) is 54.4 Å². The summed E-state index contributed by atoms with van der Waals surface area (Å²) in [7, 11) is 0. The molecule has 0 aliphatic heterocycles. The van der Waals surface area contributed by atoms with Crippen molar-refractivity contribution < 1.29 is 14.7 Å². The molecule has 4 bridgehead atoms. The van der Waals surface area contributed by atoms with Gasteiger partial charge in [-0.2, -0.15) is 0 Å². The van der Waals surface area contributed by atoms with Gasteiger partial charge in [0.05, 0.1) is 5.92 Å². The predicted molar refractivity (Wildman–Crippen MR) is 34.7 cm³/mol. The molecular formula is C8H8O3. The Morgan fingerprint density at radius 3 is 2.45 bits per heavy atom. The number of Topliss-reactive ketones (excluding diaryl/α,β-unsaturated/α-hetero) is 1. The number of carbonyl (C=O) groups is 2. The van der Waals surface area contributed by atoms with Gasteiger partial charge in [-0.3, -0.25) is 9.59 Å². The molecule has 1 N–H and O–H groups in total. The highest BCUT2D eigenvalue weighted by atomic mass is 16.4. The molecule has 4 fully saturated rings. The molecule has 5 atom stereocenters. The van der Waals surface area contributed by atoms with Gasteiger partial charge in [-0.25, -0.2) is 0 Å². The van der Waals surface area contributed by atoms with Crippen molar-refractivity contribution in [2.24, 2.45) is 29.6 Å². The van der Waals surface area contributed by atoms with Crippen LogP contribution in [0.25, 0.3) is 0 Å². The Hall–Kier alpha value is -0.860. The van der Waals surface area contributed by atoms with E-state index in [0.717, 1.165) is 6.42 Å². The third kappa shape index (κ3) is 0.424. The van der Waals surface area contributed by atoms with Crippen LogP contribution in [0.4, 0.5) is 0 Å². The third-order valence-electron chi connectivity index (χ3n) is 3.58. The van der Waals surface area contributed by atoms with Crippen molar-refractivity contribution in [2.45, 2.75) is 6.42 Å². The monoisotopic (exact) mass is 152 g/mol. The standard InChI is InChI=1S/C8H8O3/c9-7-3-1-2-4(5(2)7)6(3)8(10)11/h2-6H,1H2,(H,10,11)/t2?,3-,4-,5-,6+/m0/s1. The second-order valence-electron chi connectivity index (χ2n) is 3.88. The molecule has 4 aliphatic carbocycles. The number of hydrogen-bond donors (Lipinski definition) is 1. The summed E-state index contributed by atoms with van der Waals surface area (Å²) in [6, 6.07) is 0. The summed E-state index contributed by atoms with van der Waals surface area (Å²) in [5.74, 6) is -0.0482. The van der Waals surface area contributed by atoms with Gasteiger partial charge < -0.3 is 5.11 Å². The Morgan fingerprint density at radius 2 is 2.27 bits per heavy atom. The number of carboxylic acids is 1. The van der Waals surface area contributed by atoms with E-state index in [0.29, 0.717) is 5.92 Å². The average Bonchev–Trinajstić information content (AvgIpc) is 2.33. The van der Waals surface area contributed by atoms with Crippen LogP contribution in [0.5, 0.6) is 0 Å². The Balaban J connectivity index is 2.03. The van der Waals surface area contributed by atoms with Crippen LogP contribution < -0.4 is 0 Å². The van der Waals surface area contributed by atoms with Gasteiger partial charge in [-0.15, -0.1) is 0 Å². The maximum absolute atomic E-state index is 11.2. The van der Waals surface area contributed by atoms with Crippen molar-refractivity contribution in [2.75, 3.05) is 0 Å². The number of carboxylic acid groups (broad SMARTS) is 1. The minimum Gasteiger partial charge on any atom is -0.481 e. The Kier molecular flexibility index (Phi) is 0.708. The maximum Gasteiger partial charge on any atom is 0.307 e. The molecule has 4 aliphatic rings. The largest absolute Gasteiger partial charge is 0.481 e. The molecule has 0 spiro atoms. The Labute approximate surface area is 63.4 Å². The summed E-state index contributed by atoms with van der Waals surface area (Å²) in [5.41, 5.74) is 0. The lowest BCUT2D eigenvalue weighted by Gasteiger charge is -2.05. The number of ketones is 1. The first-order valence-corrected chi connectivity index (χ1v) is 3.98. The molecule has 0 heterocycles. The maximum atomic E-state index is 11.2. The first kappa shape index (κ1) is 5.75. The van der Waals surface area contributed by atoms with Crippen LogP contribution in [-0.4, -0.2) is 16.9 Å². The van der Waals surface area contributed by atoms with Gasteiger partial charge in [0.25, 0.3) is 0 Å². The first-order valence-electron chi connectivity index (χ1n) is 3.98. The molecule has 1 unspecified atom stereocenters. The minimum atomic E-state index is -0.754. The summed E-state index contributed by atoms with van der Waals surface area (Å²) >= 11 is 0. The van der Waals surface area contributed by atoms with E-state index in [1.165, 1.54) is 0 Å². The van der Waals surface area contributed by atoms with Gasteiger partial charge in [0.1, 0.15) is 5.78 Å². The number of aliphatic carboxylic acids is 1. The van der Waals surface area contributed by atoms with Crippen molar-refractivity contribution in [3.8, 4) is 0 Å². The molecule has 4 saturated carbocycles. The summed E-state index contributed by atoms with van der Waals surface area (Å²) in [6.45, 7) is 0. The van der Waals surface area contributed by atoms with E-state index in [4.69, 9.17) is 5.11 Å². The number of hydrogen-bond acceptors (Lipinski definition) is 2. The molecule has 0 aromatic heterocycles. The van der Waals surface area contributed by atoms with Crippen molar-refractivity contribution in [3.05, 3.63) is 0 Å². The quantitative estimate of drug-likeness (QED) is 0.582. The van der Waals surface area contributed by atoms with Crippen LogP contribution in [0.1, 0.15) is 6.42 Å². The van der Waals surface area contributed by atoms with Crippen LogP contribution >= 0.6 is 0 Å². The minimum absolute atomic E-state index is 0.104. The molecule has 0 aromatic carbocycles. The predicted octanol–water partition coefficient (Wildman–Crippen LogP) is 0.152. The molecule has 11 heavy (non-hydrogen) atoms. The summed E-state index contributed by atoms with van der Waals surface area (Å²) in [4.78, 5) is 21.9. The molecule has 3 heteroatoms. The average molecular weight is 152 g/mol. The summed E-state index contributed by atoms with van der Waals surface area (Å²) in [6.07, 6.45) is 0.866. The summed E-state index contributed by atoms with van der Waals surface area (Å²) in [5, 5.41) is 8.77. The van der Waals surface area contributed by atoms with E-state index >= 15 is 0 Å². The van der Waals surface area contributed by atoms with E-state index in [1.54, 1.807) is 0 Å². The molecule has 58 valence electrons. The SMILES string of the molecule is O=C(O)[C@H]1[C@H]2C3C[C@@H]1C(=O)[C@@H]32. The number of rotatable bonds is 1. The molecular weight excluding hydrogens is 144 g/mol. The highest BCUT2D eigenvalue weighted by molar-refractivity contribution is 5.98. The van der Waals surface area contributed by atoms with Gasteiger partial charge in [-0.1, -0.05) is 0 Å². The Morgan fingerprint density at radius 1 is 1.55 bits per heavy atom. The molecule has 0 saturated heterocycles. The highest BCUT2D eigenvalue weighted by Crippen LogP contribution is 2.71. The van der Waals surface area contributed by atoms with Crippen molar-refractivity contribution in [1.82, 2.24) is 0 Å². The number of carbonyl (C=O) groups excluding carboxylic acids is 1. The normalized spacial score (nSPS) is 56.7. The van der Waals surface area contributed by atoms with Gasteiger partial charge in [0, 0.05) is 11.8 Å². The third-order valence-corrected chi connectivity index (χ3v) is 3.58. The van der Waals surface area contributed by atoms with E-state index in [1.807, 2.05) is 0 Å². The first-order chi connectivity index (χ1) is 5.22. The van der Waals surface area contributed by atoms with Crippen LogP contribution in [0.2, 0.25) is 0 Å². The summed E-state index contributed by atoms with van der Waals surface area (Å²) < 4.78 is 0. The van der Waals surface area contributed by atoms with E-state index in [-0.39, 0.29) is 29.5 Å². The fourth-order valence-electron chi connectivity index (χ4n) is 3.18. The van der Waals surface area contributed by atoms with Gasteiger partial charge in [-0.05, 0) is 18.3 Å². The highest BCUT2D eigenvalue weighted by Gasteiger charge is 2.75. The molecule has 0 radical (unpaired) electrons. The zero-order valence-electron chi connectivity index (χ0n) is 5.86. The molecule has 0 aromatic rings. The zero-order valence-corrected chi connectivity index (χ0v) is 5.86. The smallest absolute Gasteiger partial charge is 0.307 e. The van der Waals surface area contributed by atoms with E-state index in [2.05, 4.69) is 0 Å². The van der Waals surface area contributed by atoms with Gasteiger partial charge in [0.15, 0.2) is 0 Å². The second-order valence-corrected chi connectivity index (χ2v) is 3.88. The lowest BCUT2D eigenvalue weighted by atomic mass is 9.98. The Bertz CT molecular complexity index is 271. The molecule has 4 rings (SSSR count). The second kappa shape index (κ2) is 1.36. The fourth-order valence-corrected chi connectivity index (χ4v) is 3.18. The van der Waals surface area contributed by atoms with Crippen molar-refractivity contribution in [3.63, 3.8) is 0 Å². The lowest BCUT2D eigenvalue weighted by Crippen LogP contribution is -2.19. The zero-order chi connectivity index (χ0) is 7.75. The van der Waals surface area contributed by atoms with Gasteiger partial charge in [0.2, 0.25) is 0 Å². The van der Waals surface area contributed by atoms with Gasteiger partial charge >= 0.3 is 5.97 Å². The lowest BCUT2D eigenvalue weighted by molar-refractivity contribution is -0.144. The van der Waals surface area contributed by atoms with Crippen LogP contribution in [0.3, 0.4) is 0 Å².